The van der Waals surface area contributed by atoms with Crippen LogP contribution < -0.4 is 5.32 Å². The first-order valence-electron chi connectivity index (χ1n) is 8.25. The van der Waals surface area contributed by atoms with E-state index >= 15 is 0 Å². The van der Waals surface area contributed by atoms with Crippen molar-refractivity contribution < 1.29 is 9.90 Å². The summed E-state index contributed by atoms with van der Waals surface area (Å²) in [5, 5.41) is 13.6. The minimum absolute atomic E-state index is 0.356. The van der Waals surface area contributed by atoms with E-state index in [1.165, 1.54) is 0 Å². The van der Waals surface area contributed by atoms with Crippen molar-refractivity contribution in [3.8, 4) is 0 Å². The Bertz CT molecular complexity index is 584. The molecule has 1 saturated carbocycles. The van der Waals surface area contributed by atoms with E-state index in [2.05, 4.69) is 32.9 Å². The van der Waals surface area contributed by atoms with Gasteiger partial charge in [-0.2, -0.15) is 0 Å². The van der Waals surface area contributed by atoms with Crippen LogP contribution in [0.1, 0.15) is 46.5 Å². The highest BCUT2D eigenvalue weighted by Gasteiger charge is 2.30. The predicted molar refractivity (Wildman–Crippen MR) is 106 cm³/mol. The Morgan fingerprint density at radius 2 is 2.04 bits per heavy atom. The van der Waals surface area contributed by atoms with Crippen LogP contribution in [-0.4, -0.2) is 39.2 Å². The number of hydrogen-bond donors (Lipinski definition) is 2. The third-order valence-electron chi connectivity index (χ3n) is 4.49. The zero-order chi connectivity index (χ0) is 17.9. The van der Waals surface area contributed by atoms with Gasteiger partial charge in [-0.1, -0.05) is 11.6 Å². The van der Waals surface area contributed by atoms with Gasteiger partial charge < -0.3 is 15.3 Å². The van der Waals surface area contributed by atoms with E-state index in [9.17, 15) is 9.90 Å². The molecule has 0 atom stereocenters. The van der Waals surface area contributed by atoms with Crippen molar-refractivity contribution in [3.63, 3.8) is 0 Å². The molecular weight excluding hydrogens is 441 g/mol. The van der Waals surface area contributed by atoms with E-state index in [4.69, 9.17) is 11.6 Å². The number of hydrogen-bond acceptors (Lipinski definition) is 3. The number of carboxylic acid groups (broad SMARTS) is 1. The molecule has 1 heterocycles. The molecule has 0 spiro atoms. The van der Waals surface area contributed by atoms with Crippen LogP contribution in [0, 0.1) is 9.49 Å². The predicted octanol–water partition coefficient (Wildman–Crippen LogP) is 5.09. The lowest BCUT2D eigenvalue weighted by molar-refractivity contribution is 0.0826. The summed E-state index contributed by atoms with van der Waals surface area (Å²) in [7, 11) is 0. The Morgan fingerprint density at radius 3 is 2.54 bits per heavy atom. The quantitative estimate of drug-likeness (QED) is 0.608. The molecule has 0 unspecified atom stereocenters. The maximum absolute atomic E-state index is 11.5. The molecule has 0 bridgehead atoms. The van der Waals surface area contributed by atoms with Crippen LogP contribution in [0.5, 0.6) is 0 Å². The average molecular weight is 466 g/mol. The minimum Gasteiger partial charge on any atom is -0.465 e. The van der Waals surface area contributed by atoms with Gasteiger partial charge in [0, 0.05) is 27.9 Å². The lowest BCUT2D eigenvalue weighted by atomic mass is 9.85. The van der Waals surface area contributed by atoms with E-state index in [0.29, 0.717) is 23.5 Å². The topological polar surface area (TPSA) is 65.5 Å². The highest BCUT2D eigenvalue weighted by atomic mass is 127. The first-order valence-corrected chi connectivity index (χ1v) is 9.70. The number of nitrogens with one attached hydrogen (secondary N) is 1. The molecule has 1 aromatic rings. The Balaban J connectivity index is 1.86. The van der Waals surface area contributed by atoms with Crippen molar-refractivity contribution in [1.82, 2.24) is 9.88 Å². The Kier molecular flexibility index (Phi) is 6.59. The molecule has 5 nitrogen and oxygen atoms in total. The number of halogens is 2. The summed E-state index contributed by atoms with van der Waals surface area (Å²) in [6.07, 6.45) is 4.96. The highest BCUT2D eigenvalue weighted by Crippen LogP contribution is 2.29. The third kappa shape index (κ3) is 5.37. The molecule has 0 radical (unpaired) electrons. The fraction of sp³-hybridized carbons (Fsp3) is 0.647. The van der Waals surface area contributed by atoms with Crippen molar-refractivity contribution in [2.45, 2.75) is 58.0 Å². The molecule has 1 aromatic heterocycles. The molecule has 1 amide bonds. The van der Waals surface area contributed by atoms with Gasteiger partial charge in [0.05, 0.1) is 5.02 Å². The Hall–Kier alpha value is -0.760. The van der Waals surface area contributed by atoms with Crippen molar-refractivity contribution in [3.05, 3.63) is 20.9 Å². The first kappa shape index (κ1) is 19.6. The number of carbonyl (C=O) groups is 1. The maximum atomic E-state index is 11.5. The first-order chi connectivity index (χ1) is 11.2. The van der Waals surface area contributed by atoms with Gasteiger partial charge in [-0.25, -0.2) is 9.78 Å². The van der Waals surface area contributed by atoms with Gasteiger partial charge in [-0.15, -0.1) is 0 Å². The molecule has 0 aliphatic heterocycles. The van der Waals surface area contributed by atoms with Crippen LogP contribution in [0.2, 0.25) is 5.02 Å². The van der Waals surface area contributed by atoms with Crippen LogP contribution in [0.4, 0.5) is 10.6 Å². The fourth-order valence-electron chi connectivity index (χ4n) is 3.09. The molecule has 2 N–H and O–H groups in total. The van der Waals surface area contributed by atoms with Gasteiger partial charge >= 0.3 is 6.09 Å². The number of amides is 1. The molecule has 0 saturated heterocycles. The largest absolute Gasteiger partial charge is 0.465 e. The molecule has 1 fully saturated rings. The smallest absolute Gasteiger partial charge is 0.407 e. The Labute approximate surface area is 162 Å². The van der Waals surface area contributed by atoms with Gasteiger partial charge in [0.2, 0.25) is 0 Å². The number of anilines is 1. The number of aromatic nitrogens is 1. The highest BCUT2D eigenvalue weighted by molar-refractivity contribution is 14.1. The van der Waals surface area contributed by atoms with Crippen molar-refractivity contribution in [2.75, 3.05) is 11.9 Å². The van der Waals surface area contributed by atoms with Crippen LogP contribution in [0.25, 0.3) is 0 Å². The van der Waals surface area contributed by atoms with Crippen LogP contribution in [0.3, 0.4) is 0 Å². The second-order valence-corrected chi connectivity index (χ2v) is 8.98. The molecule has 7 heteroatoms. The van der Waals surface area contributed by atoms with E-state index in [1.807, 2.05) is 26.8 Å². The average Bonchev–Trinajstić information content (AvgIpc) is 2.48. The Morgan fingerprint density at radius 1 is 1.42 bits per heavy atom. The van der Waals surface area contributed by atoms with Gasteiger partial charge in [0.25, 0.3) is 0 Å². The lowest BCUT2D eigenvalue weighted by Crippen LogP contribution is -2.48. The molecule has 2 rings (SSSR count). The molecule has 1 aliphatic carbocycles. The second-order valence-electron chi connectivity index (χ2n) is 7.41. The summed E-state index contributed by atoms with van der Waals surface area (Å²) in [4.78, 5) is 17.4. The van der Waals surface area contributed by atoms with Crippen molar-refractivity contribution >= 4 is 46.1 Å². The van der Waals surface area contributed by atoms with E-state index in [0.717, 1.165) is 35.1 Å². The number of pyridine rings is 1. The number of nitrogens with zero attached hydrogens (tertiary/aromatic N) is 2. The summed E-state index contributed by atoms with van der Waals surface area (Å²) in [6.45, 7) is 6.45. The van der Waals surface area contributed by atoms with Crippen LogP contribution >= 0.6 is 34.2 Å². The standard InChI is InChI=1S/C17H25ClIN3O2/c1-17(2,3)22(16(23)24)10-11-4-6-12(7-5-11)21-15-8-14(19)13(18)9-20-15/h8-9,11-12H,4-7,10H2,1-3H3,(H,20,21)(H,23,24). The fourth-order valence-corrected chi connectivity index (χ4v) is 3.63. The molecule has 134 valence electrons. The molecule has 24 heavy (non-hydrogen) atoms. The molecule has 1 aliphatic rings. The van der Waals surface area contributed by atoms with E-state index in [-0.39, 0.29) is 5.54 Å². The summed E-state index contributed by atoms with van der Waals surface area (Å²) in [5.74, 6) is 1.28. The van der Waals surface area contributed by atoms with Gasteiger partial charge in [0.15, 0.2) is 0 Å². The lowest BCUT2D eigenvalue weighted by Gasteiger charge is -2.38. The van der Waals surface area contributed by atoms with Crippen molar-refractivity contribution in [2.24, 2.45) is 5.92 Å². The zero-order valence-corrected chi connectivity index (χ0v) is 17.3. The SMILES string of the molecule is CC(C)(C)N(CC1CCC(Nc2cc(I)c(Cl)cn2)CC1)C(=O)O. The maximum Gasteiger partial charge on any atom is 0.407 e. The normalized spacial score (nSPS) is 21.4. The van der Waals surface area contributed by atoms with Crippen LogP contribution in [-0.2, 0) is 0 Å². The summed E-state index contributed by atoms with van der Waals surface area (Å²) in [6, 6.07) is 2.35. The summed E-state index contributed by atoms with van der Waals surface area (Å²) < 4.78 is 0.989. The molecule has 0 aromatic carbocycles. The van der Waals surface area contributed by atoms with E-state index in [1.54, 1.807) is 11.1 Å². The third-order valence-corrected chi connectivity index (χ3v) is 6.00. The number of rotatable bonds is 4. The van der Waals surface area contributed by atoms with Gasteiger partial charge in [0.1, 0.15) is 5.82 Å². The van der Waals surface area contributed by atoms with Gasteiger partial charge in [-0.05, 0) is 81.0 Å². The molecular formula is C17H25ClIN3O2. The van der Waals surface area contributed by atoms with Gasteiger partial charge in [-0.3, -0.25) is 0 Å². The summed E-state index contributed by atoms with van der Waals surface area (Å²) in [5.41, 5.74) is -0.356. The second kappa shape index (κ2) is 8.08. The van der Waals surface area contributed by atoms with Crippen LogP contribution in [0.15, 0.2) is 12.3 Å². The minimum atomic E-state index is -0.831. The van der Waals surface area contributed by atoms with E-state index < -0.39 is 6.09 Å². The summed E-state index contributed by atoms with van der Waals surface area (Å²) >= 11 is 8.20. The zero-order valence-electron chi connectivity index (χ0n) is 14.4. The van der Waals surface area contributed by atoms with Crippen molar-refractivity contribution in [1.29, 1.82) is 0 Å². The monoisotopic (exact) mass is 465 g/mol.